The summed E-state index contributed by atoms with van der Waals surface area (Å²) in [4.78, 5) is 11.8. The Hall–Kier alpha value is -1.51. The topological polar surface area (TPSA) is 38.3 Å². The van der Waals surface area contributed by atoms with E-state index < -0.39 is 0 Å². The van der Waals surface area contributed by atoms with Gasteiger partial charge in [-0.3, -0.25) is 4.79 Å². The zero-order chi connectivity index (χ0) is 13.2. The van der Waals surface area contributed by atoms with Crippen molar-refractivity contribution >= 4 is 11.7 Å². The maximum Gasteiger partial charge on any atom is 0.310 e. The molecule has 0 bridgehead atoms. The first-order valence-corrected chi connectivity index (χ1v) is 6.41. The second kappa shape index (κ2) is 5.01. The number of ether oxygens (including phenoxy) is 1. The van der Waals surface area contributed by atoms with Crippen molar-refractivity contribution in [3.63, 3.8) is 0 Å². The molecule has 18 heavy (non-hydrogen) atoms. The molecule has 0 radical (unpaired) electrons. The van der Waals surface area contributed by atoms with Crippen molar-refractivity contribution in [1.29, 1.82) is 0 Å². The molecule has 2 unspecified atom stereocenters. The van der Waals surface area contributed by atoms with Crippen LogP contribution in [0.5, 0.6) is 0 Å². The predicted molar refractivity (Wildman–Crippen MR) is 74.5 cm³/mol. The molecule has 1 saturated carbocycles. The normalized spacial score (nSPS) is 25.7. The van der Waals surface area contributed by atoms with Crippen molar-refractivity contribution < 1.29 is 11.0 Å². The van der Waals surface area contributed by atoms with Gasteiger partial charge in [0, 0.05) is 13.2 Å². The summed E-state index contributed by atoms with van der Waals surface area (Å²) in [5.74, 6) is -0.154. The molecule has 2 atom stereocenters. The average Bonchev–Trinajstić information content (AvgIpc) is 2.65. The number of carbonyl (C=O) groups is 1. The standard InChI is InChI=1S/C15H21NO2.H2/c1-15(2)9-12(14(17)18-3)13(10-15)16-11-7-5-4-6-8-11;/h4-8,12-13,16H,9-10H2,1-3H3;1H. The highest BCUT2D eigenvalue weighted by Crippen LogP contribution is 2.42. The van der Waals surface area contributed by atoms with Crippen molar-refractivity contribution in [2.24, 2.45) is 11.3 Å². The minimum Gasteiger partial charge on any atom is -0.469 e. The van der Waals surface area contributed by atoms with E-state index in [4.69, 9.17) is 4.74 Å². The van der Waals surface area contributed by atoms with Crippen LogP contribution in [-0.2, 0) is 9.53 Å². The Labute approximate surface area is 110 Å². The Morgan fingerprint density at radius 1 is 1.33 bits per heavy atom. The Bertz CT molecular complexity index is 419. The molecule has 1 N–H and O–H groups in total. The largest absolute Gasteiger partial charge is 0.469 e. The van der Waals surface area contributed by atoms with Crippen LogP contribution in [0.1, 0.15) is 28.1 Å². The van der Waals surface area contributed by atoms with Crippen molar-refractivity contribution in [1.82, 2.24) is 0 Å². The summed E-state index contributed by atoms with van der Waals surface area (Å²) in [6.07, 6.45) is 1.87. The quantitative estimate of drug-likeness (QED) is 0.835. The van der Waals surface area contributed by atoms with Gasteiger partial charge in [-0.2, -0.15) is 0 Å². The van der Waals surface area contributed by atoms with E-state index in [1.807, 2.05) is 30.3 Å². The first-order valence-electron chi connectivity index (χ1n) is 6.41. The average molecular weight is 249 g/mol. The molecule has 100 valence electrons. The highest BCUT2D eigenvalue weighted by atomic mass is 16.5. The monoisotopic (exact) mass is 249 g/mol. The van der Waals surface area contributed by atoms with Crippen LogP contribution in [-0.4, -0.2) is 19.1 Å². The summed E-state index contributed by atoms with van der Waals surface area (Å²) in [5, 5.41) is 3.46. The van der Waals surface area contributed by atoms with Gasteiger partial charge in [-0.25, -0.2) is 0 Å². The van der Waals surface area contributed by atoms with Crippen molar-refractivity contribution in [2.75, 3.05) is 12.4 Å². The lowest BCUT2D eigenvalue weighted by molar-refractivity contribution is -0.145. The van der Waals surface area contributed by atoms with Gasteiger partial charge >= 0.3 is 5.97 Å². The molecular weight excluding hydrogens is 226 g/mol. The van der Waals surface area contributed by atoms with Gasteiger partial charge in [0.15, 0.2) is 0 Å². The molecule has 0 spiro atoms. The Kier molecular flexibility index (Phi) is 3.60. The molecule has 0 amide bonds. The fraction of sp³-hybridized carbons (Fsp3) is 0.533. The van der Waals surface area contributed by atoms with Gasteiger partial charge in [-0.1, -0.05) is 32.0 Å². The Balaban J connectivity index is 0.00000180. The van der Waals surface area contributed by atoms with Gasteiger partial charge < -0.3 is 10.1 Å². The van der Waals surface area contributed by atoms with Gasteiger partial charge in [0.1, 0.15) is 0 Å². The molecule has 2 rings (SSSR count). The molecular formula is C15H23NO2. The van der Waals surface area contributed by atoms with Crippen LogP contribution >= 0.6 is 0 Å². The van der Waals surface area contributed by atoms with Crippen LogP contribution in [0.15, 0.2) is 30.3 Å². The molecule has 1 aromatic rings. The summed E-state index contributed by atoms with van der Waals surface area (Å²) in [6.45, 7) is 4.41. The molecule has 3 heteroatoms. The van der Waals surface area contributed by atoms with E-state index in [-0.39, 0.29) is 24.8 Å². The third kappa shape index (κ3) is 2.84. The number of carbonyl (C=O) groups excluding carboxylic acids is 1. The van der Waals surface area contributed by atoms with Gasteiger partial charge in [-0.05, 0) is 30.4 Å². The van der Waals surface area contributed by atoms with E-state index in [1.165, 1.54) is 7.11 Å². The van der Waals surface area contributed by atoms with E-state index >= 15 is 0 Å². The second-order valence-electron chi connectivity index (χ2n) is 5.82. The van der Waals surface area contributed by atoms with Crippen LogP contribution in [0.25, 0.3) is 0 Å². The second-order valence-corrected chi connectivity index (χ2v) is 5.82. The first kappa shape index (κ1) is 12.9. The third-order valence-corrected chi connectivity index (χ3v) is 3.66. The van der Waals surface area contributed by atoms with Crippen LogP contribution in [0.4, 0.5) is 5.69 Å². The number of benzene rings is 1. The SMILES string of the molecule is COC(=O)C1CC(C)(C)CC1Nc1ccccc1.[HH]. The minimum absolute atomic E-state index is 0. The molecule has 1 aromatic carbocycles. The number of rotatable bonds is 3. The molecule has 0 saturated heterocycles. The summed E-state index contributed by atoms with van der Waals surface area (Å²) in [7, 11) is 1.47. The fourth-order valence-corrected chi connectivity index (χ4v) is 2.86. The highest BCUT2D eigenvalue weighted by molar-refractivity contribution is 5.74. The maximum atomic E-state index is 11.8. The third-order valence-electron chi connectivity index (χ3n) is 3.66. The molecule has 3 nitrogen and oxygen atoms in total. The molecule has 0 heterocycles. The van der Waals surface area contributed by atoms with Gasteiger partial charge in [0.05, 0.1) is 13.0 Å². The van der Waals surface area contributed by atoms with E-state index in [0.717, 1.165) is 18.5 Å². The number of anilines is 1. The molecule has 1 aliphatic carbocycles. The first-order chi connectivity index (χ1) is 8.52. The number of methoxy groups -OCH3 is 1. The van der Waals surface area contributed by atoms with Crippen LogP contribution in [0, 0.1) is 11.3 Å². The van der Waals surface area contributed by atoms with Gasteiger partial charge in [0.25, 0.3) is 0 Å². The van der Waals surface area contributed by atoms with E-state index in [2.05, 4.69) is 19.2 Å². The number of esters is 1. The zero-order valence-corrected chi connectivity index (χ0v) is 11.3. The Morgan fingerprint density at radius 3 is 2.61 bits per heavy atom. The lowest BCUT2D eigenvalue weighted by Crippen LogP contribution is -2.30. The summed E-state index contributed by atoms with van der Waals surface area (Å²) in [5.41, 5.74) is 1.25. The Morgan fingerprint density at radius 2 is 2.00 bits per heavy atom. The van der Waals surface area contributed by atoms with Gasteiger partial charge in [0.2, 0.25) is 0 Å². The highest BCUT2D eigenvalue weighted by Gasteiger charge is 2.43. The zero-order valence-electron chi connectivity index (χ0n) is 11.3. The fourth-order valence-electron chi connectivity index (χ4n) is 2.86. The van der Waals surface area contributed by atoms with Crippen molar-refractivity contribution in [3.05, 3.63) is 30.3 Å². The van der Waals surface area contributed by atoms with Crippen LogP contribution in [0.2, 0.25) is 0 Å². The maximum absolute atomic E-state index is 11.8. The van der Waals surface area contributed by atoms with Crippen LogP contribution in [0.3, 0.4) is 0 Å². The lowest BCUT2D eigenvalue weighted by Gasteiger charge is -2.20. The van der Waals surface area contributed by atoms with Crippen molar-refractivity contribution in [3.8, 4) is 0 Å². The molecule has 1 aliphatic rings. The minimum atomic E-state index is -0.103. The van der Waals surface area contributed by atoms with Gasteiger partial charge in [-0.15, -0.1) is 0 Å². The van der Waals surface area contributed by atoms with Crippen LogP contribution < -0.4 is 5.32 Å². The van der Waals surface area contributed by atoms with E-state index in [0.29, 0.717) is 0 Å². The van der Waals surface area contributed by atoms with Crippen molar-refractivity contribution in [2.45, 2.75) is 32.7 Å². The number of para-hydroxylation sites is 1. The summed E-state index contributed by atoms with van der Waals surface area (Å²) in [6, 6.07) is 10.2. The van der Waals surface area contributed by atoms with E-state index in [9.17, 15) is 4.79 Å². The number of hydrogen-bond donors (Lipinski definition) is 1. The predicted octanol–water partition coefficient (Wildman–Crippen LogP) is 3.32. The smallest absolute Gasteiger partial charge is 0.310 e. The van der Waals surface area contributed by atoms with E-state index in [1.54, 1.807) is 0 Å². The summed E-state index contributed by atoms with van der Waals surface area (Å²) >= 11 is 0. The lowest BCUT2D eigenvalue weighted by atomic mass is 9.90. The number of hydrogen-bond acceptors (Lipinski definition) is 3. The summed E-state index contributed by atoms with van der Waals surface area (Å²) < 4.78 is 4.92. The number of nitrogens with one attached hydrogen (secondary N) is 1. The molecule has 0 aliphatic heterocycles. The molecule has 0 aromatic heterocycles. The molecule has 1 fully saturated rings.